The largest absolute Gasteiger partial charge is 0.465 e. The lowest BCUT2D eigenvalue weighted by Gasteiger charge is -2.10. The summed E-state index contributed by atoms with van der Waals surface area (Å²) in [5.41, 5.74) is -1.94. The molecule has 1 N–H and O–H groups in total. The Morgan fingerprint density at radius 2 is 2.00 bits per heavy atom. The Morgan fingerprint density at radius 3 is 2.62 bits per heavy atom. The number of halogens is 2. The minimum Gasteiger partial charge on any atom is -0.465 e. The molecule has 0 aliphatic heterocycles. The molecule has 1 aromatic carbocycles. The minimum atomic E-state index is -1.05. The van der Waals surface area contributed by atoms with E-state index in [2.05, 4.69) is 10.1 Å². The molecule has 1 heterocycles. The van der Waals surface area contributed by atoms with Crippen molar-refractivity contribution < 1.29 is 19.2 Å². The Bertz CT molecular complexity index is 957. The maximum atomic E-state index is 12.2. The smallest absolute Gasteiger partial charge is 0.339 e. The van der Waals surface area contributed by atoms with Gasteiger partial charge in [0.15, 0.2) is 0 Å². The van der Waals surface area contributed by atoms with Crippen LogP contribution in [0.3, 0.4) is 0 Å². The molecule has 0 bridgehead atoms. The molecular formula is C15H11Cl2N3O6. The highest BCUT2D eigenvalue weighted by atomic mass is 35.5. The van der Waals surface area contributed by atoms with Crippen molar-refractivity contribution in [1.29, 1.82) is 0 Å². The van der Waals surface area contributed by atoms with Gasteiger partial charge in [-0.25, -0.2) is 4.79 Å². The highest BCUT2D eigenvalue weighted by molar-refractivity contribution is 6.35. The summed E-state index contributed by atoms with van der Waals surface area (Å²) in [7, 11) is 1.08. The number of rotatable bonds is 5. The number of pyridine rings is 1. The number of aromatic nitrogens is 1. The zero-order valence-corrected chi connectivity index (χ0v) is 14.7. The lowest BCUT2D eigenvalue weighted by atomic mass is 10.2. The Hall–Kier alpha value is -2.91. The molecular weight excluding hydrogens is 389 g/mol. The number of nitro groups is 1. The average molecular weight is 400 g/mol. The molecule has 0 fully saturated rings. The molecule has 2 rings (SSSR count). The third kappa shape index (κ3) is 4.38. The third-order valence-electron chi connectivity index (χ3n) is 3.20. The van der Waals surface area contributed by atoms with Crippen LogP contribution in [0.5, 0.6) is 0 Å². The predicted octanol–water partition coefficient (Wildman–Crippen LogP) is 2.49. The first-order valence-electron chi connectivity index (χ1n) is 6.95. The fourth-order valence-corrected chi connectivity index (χ4v) is 2.37. The van der Waals surface area contributed by atoms with Crippen LogP contribution in [0.1, 0.15) is 10.4 Å². The van der Waals surface area contributed by atoms with E-state index in [-0.39, 0.29) is 16.3 Å². The number of carbonyl (C=O) groups is 2. The Labute approximate surface area is 156 Å². The second-order valence-electron chi connectivity index (χ2n) is 4.97. The van der Waals surface area contributed by atoms with Gasteiger partial charge in [0.05, 0.1) is 28.3 Å². The highest BCUT2D eigenvalue weighted by Gasteiger charge is 2.21. The van der Waals surface area contributed by atoms with Gasteiger partial charge in [0, 0.05) is 17.3 Å². The zero-order valence-electron chi connectivity index (χ0n) is 13.2. The standard InChI is InChI=1S/C15H11Cl2N3O6/c1-26-15(23)8-4-12(20(24)25)14(22)19(6-8)7-13(21)18-11-5-9(16)2-3-10(11)17/h2-6H,7H2,1H3,(H,18,21). The van der Waals surface area contributed by atoms with Gasteiger partial charge in [-0.1, -0.05) is 23.2 Å². The van der Waals surface area contributed by atoms with Crippen LogP contribution < -0.4 is 10.9 Å². The van der Waals surface area contributed by atoms with E-state index >= 15 is 0 Å². The van der Waals surface area contributed by atoms with Gasteiger partial charge in [0.1, 0.15) is 6.54 Å². The SMILES string of the molecule is COC(=O)c1cc([N+](=O)[O-])c(=O)n(CC(=O)Nc2cc(Cl)ccc2Cl)c1. The summed E-state index contributed by atoms with van der Waals surface area (Å²) in [4.78, 5) is 46.0. The maximum Gasteiger partial charge on any atom is 0.339 e. The van der Waals surface area contributed by atoms with Crippen LogP contribution in [-0.4, -0.2) is 28.5 Å². The van der Waals surface area contributed by atoms with Crippen molar-refractivity contribution in [2.75, 3.05) is 12.4 Å². The lowest BCUT2D eigenvalue weighted by molar-refractivity contribution is -0.386. The molecule has 26 heavy (non-hydrogen) atoms. The van der Waals surface area contributed by atoms with Crippen LogP contribution in [0.2, 0.25) is 10.0 Å². The van der Waals surface area contributed by atoms with E-state index in [0.717, 1.165) is 23.9 Å². The number of hydrogen-bond donors (Lipinski definition) is 1. The van der Waals surface area contributed by atoms with Gasteiger partial charge in [-0.2, -0.15) is 0 Å². The van der Waals surface area contributed by atoms with Crippen LogP contribution in [0, 0.1) is 10.1 Å². The average Bonchev–Trinajstić information content (AvgIpc) is 2.58. The molecule has 0 aliphatic rings. The number of esters is 1. The van der Waals surface area contributed by atoms with Crippen LogP contribution in [0.4, 0.5) is 11.4 Å². The number of nitrogens with one attached hydrogen (secondary N) is 1. The number of anilines is 1. The quantitative estimate of drug-likeness (QED) is 0.468. The summed E-state index contributed by atoms with van der Waals surface area (Å²) in [5, 5.41) is 14.0. The van der Waals surface area contributed by atoms with E-state index in [4.69, 9.17) is 23.2 Å². The van der Waals surface area contributed by atoms with E-state index in [9.17, 15) is 24.5 Å². The fourth-order valence-electron chi connectivity index (χ4n) is 2.04. The van der Waals surface area contributed by atoms with Crippen molar-refractivity contribution in [1.82, 2.24) is 4.57 Å². The molecule has 9 nitrogen and oxygen atoms in total. The van der Waals surface area contributed by atoms with Gasteiger partial charge in [-0.05, 0) is 18.2 Å². The molecule has 0 aliphatic carbocycles. The van der Waals surface area contributed by atoms with Crippen LogP contribution in [-0.2, 0) is 16.1 Å². The number of hydrogen-bond acceptors (Lipinski definition) is 6. The van der Waals surface area contributed by atoms with Gasteiger partial charge in [-0.15, -0.1) is 0 Å². The summed E-state index contributed by atoms with van der Waals surface area (Å²) in [6, 6.07) is 5.18. The van der Waals surface area contributed by atoms with Crippen LogP contribution in [0.25, 0.3) is 0 Å². The van der Waals surface area contributed by atoms with Gasteiger partial charge in [0.25, 0.3) is 0 Å². The normalized spacial score (nSPS) is 10.3. The van der Waals surface area contributed by atoms with Gasteiger partial charge < -0.3 is 10.1 Å². The molecule has 0 saturated carbocycles. The van der Waals surface area contributed by atoms with Crippen molar-refractivity contribution in [2.45, 2.75) is 6.54 Å². The monoisotopic (exact) mass is 399 g/mol. The highest BCUT2D eigenvalue weighted by Crippen LogP contribution is 2.25. The first-order valence-corrected chi connectivity index (χ1v) is 7.70. The summed E-state index contributed by atoms with van der Waals surface area (Å²) in [6.07, 6.45) is 1.00. The Morgan fingerprint density at radius 1 is 1.31 bits per heavy atom. The number of carbonyl (C=O) groups excluding carboxylic acids is 2. The van der Waals surface area contributed by atoms with E-state index in [1.165, 1.54) is 18.2 Å². The molecule has 0 saturated heterocycles. The van der Waals surface area contributed by atoms with Crippen molar-refractivity contribution in [3.05, 3.63) is 66.5 Å². The summed E-state index contributed by atoms with van der Waals surface area (Å²) >= 11 is 11.8. The second-order valence-corrected chi connectivity index (χ2v) is 5.81. The van der Waals surface area contributed by atoms with Crippen LogP contribution in [0.15, 0.2) is 35.3 Å². The van der Waals surface area contributed by atoms with Gasteiger partial charge in [-0.3, -0.25) is 24.3 Å². The number of amides is 1. The topological polar surface area (TPSA) is 121 Å². The molecule has 2 aromatic rings. The summed E-state index contributed by atoms with van der Waals surface area (Å²) in [6.45, 7) is -0.590. The zero-order chi connectivity index (χ0) is 19.4. The first kappa shape index (κ1) is 19.4. The van der Waals surface area contributed by atoms with Crippen molar-refractivity contribution in [3.8, 4) is 0 Å². The minimum absolute atomic E-state index is 0.204. The summed E-state index contributed by atoms with van der Waals surface area (Å²) in [5.74, 6) is -1.59. The van der Waals surface area contributed by atoms with E-state index in [0.29, 0.717) is 5.02 Å². The third-order valence-corrected chi connectivity index (χ3v) is 3.77. The molecule has 0 radical (unpaired) electrons. The molecule has 1 amide bonds. The van der Waals surface area contributed by atoms with E-state index in [1.54, 1.807) is 0 Å². The number of methoxy groups -OCH3 is 1. The Balaban J connectivity index is 2.35. The lowest BCUT2D eigenvalue weighted by Crippen LogP contribution is -2.29. The molecule has 136 valence electrons. The van der Waals surface area contributed by atoms with Gasteiger partial charge in [0.2, 0.25) is 5.91 Å². The summed E-state index contributed by atoms with van der Waals surface area (Å²) < 4.78 is 5.22. The Kier molecular flexibility index (Phi) is 5.96. The predicted molar refractivity (Wildman–Crippen MR) is 93.8 cm³/mol. The number of ether oxygens (including phenoxy) is 1. The first-order chi connectivity index (χ1) is 12.2. The van der Waals surface area contributed by atoms with Crippen molar-refractivity contribution in [3.63, 3.8) is 0 Å². The van der Waals surface area contributed by atoms with E-state index < -0.39 is 34.6 Å². The van der Waals surface area contributed by atoms with Crippen molar-refractivity contribution in [2.24, 2.45) is 0 Å². The molecule has 0 unspecified atom stereocenters. The second kappa shape index (κ2) is 7.98. The molecule has 0 atom stereocenters. The number of benzene rings is 1. The van der Waals surface area contributed by atoms with Gasteiger partial charge >= 0.3 is 17.2 Å². The van der Waals surface area contributed by atoms with E-state index in [1.807, 2.05) is 0 Å². The fraction of sp³-hybridized carbons (Fsp3) is 0.133. The molecule has 0 spiro atoms. The maximum absolute atomic E-state index is 12.2. The van der Waals surface area contributed by atoms with Crippen LogP contribution >= 0.6 is 23.2 Å². The van der Waals surface area contributed by atoms with Crippen molar-refractivity contribution >= 4 is 46.5 Å². The number of nitrogens with zero attached hydrogens (tertiary/aromatic N) is 2. The molecule has 1 aromatic heterocycles. The molecule has 11 heteroatoms.